The molecule has 22 heavy (non-hydrogen) atoms. The summed E-state index contributed by atoms with van der Waals surface area (Å²) in [5, 5.41) is 4.15. The molecule has 1 aromatic heterocycles. The first-order valence-corrected chi connectivity index (χ1v) is 8.79. The molecular formula is C13H14N4O3S2. The zero-order chi connectivity index (χ0) is 15.7. The molecule has 9 heteroatoms. The second kappa shape index (κ2) is 5.67. The highest BCUT2D eigenvalue weighted by Crippen LogP contribution is 2.24. The molecule has 1 saturated heterocycles. The molecule has 3 rings (SSSR count). The van der Waals surface area contributed by atoms with Gasteiger partial charge < -0.3 is 5.32 Å². The van der Waals surface area contributed by atoms with Crippen molar-refractivity contribution in [3.8, 4) is 0 Å². The summed E-state index contributed by atoms with van der Waals surface area (Å²) in [4.78, 5) is 11.8. The van der Waals surface area contributed by atoms with E-state index in [4.69, 9.17) is 0 Å². The Balaban J connectivity index is 1.82. The zero-order valence-corrected chi connectivity index (χ0v) is 13.3. The number of anilines is 1. The predicted octanol–water partition coefficient (Wildman–Crippen LogP) is 1.07. The lowest BCUT2D eigenvalue weighted by molar-refractivity contribution is -0.120. The average molecular weight is 338 g/mol. The van der Waals surface area contributed by atoms with Crippen molar-refractivity contribution in [2.45, 2.75) is 19.5 Å². The maximum atomic E-state index is 11.8. The quantitative estimate of drug-likeness (QED) is 0.774. The molecular weight excluding hydrogens is 324 g/mol. The van der Waals surface area contributed by atoms with Crippen molar-refractivity contribution in [2.24, 2.45) is 0 Å². The molecule has 7 nitrogen and oxygen atoms in total. The van der Waals surface area contributed by atoms with Gasteiger partial charge in [-0.3, -0.25) is 4.79 Å². The Morgan fingerprint density at radius 3 is 2.77 bits per heavy atom. The largest absolute Gasteiger partial charge is 0.372 e. The Morgan fingerprint density at radius 2 is 2.14 bits per heavy atom. The number of benzene rings is 1. The fourth-order valence-electron chi connectivity index (χ4n) is 2.24. The van der Waals surface area contributed by atoms with Gasteiger partial charge in [0.05, 0.1) is 5.69 Å². The third-order valence-corrected chi connectivity index (χ3v) is 5.07. The van der Waals surface area contributed by atoms with Crippen LogP contribution < -0.4 is 14.8 Å². The second-order valence-corrected chi connectivity index (χ2v) is 7.16. The number of nitrogens with zero attached hydrogens (tertiary/aromatic N) is 1. The van der Waals surface area contributed by atoms with Gasteiger partial charge in [0.15, 0.2) is 0 Å². The number of aromatic nitrogens is 1. The Morgan fingerprint density at radius 1 is 1.36 bits per heavy atom. The average Bonchev–Trinajstić information content (AvgIpc) is 2.99. The summed E-state index contributed by atoms with van der Waals surface area (Å²) in [6.45, 7) is 2.39. The molecule has 1 unspecified atom stereocenters. The van der Waals surface area contributed by atoms with Gasteiger partial charge in [0, 0.05) is 6.54 Å². The molecule has 116 valence electrons. The first-order chi connectivity index (χ1) is 10.4. The molecule has 1 aliphatic heterocycles. The number of nitrogens with one attached hydrogen (secondary N) is 3. The van der Waals surface area contributed by atoms with Crippen molar-refractivity contribution in [2.75, 3.05) is 5.32 Å². The van der Waals surface area contributed by atoms with Crippen molar-refractivity contribution in [1.82, 2.24) is 13.8 Å². The topological polar surface area (TPSA) is 100 Å². The lowest BCUT2D eigenvalue weighted by Crippen LogP contribution is -2.24. The Hall–Kier alpha value is -1.97. The number of hydrogen-bond acceptors (Lipinski definition) is 6. The summed E-state index contributed by atoms with van der Waals surface area (Å²) in [6.07, 6.45) is 0. The van der Waals surface area contributed by atoms with Crippen LogP contribution in [-0.4, -0.2) is 18.7 Å². The van der Waals surface area contributed by atoms with E-state index in [1.807, 2.05) is 29.8 Å². The zero-order valence-electron chi connectivity index (χ0n) is 11.7. The molecule has 2 aromatic rings. The monoisotopic (exact) mass is 338 g/mol. The molecule has 1 fully saturated rings. The van der Waals surface area contributed by atoms with Crippen LogP contribution in [0.4, 0.5) is 5.00 Å². The van der Waals surface area contributed by atoms with E-state index >= 15 is 0 Å². The van der Waals surface area contributed by atoms with E-state index < -0.39 is 22.2 Å². The second-order valence-electron chi connectivity index (χ2n) is 4.91. The van der Waals surface area contributed by atoms with Crippen molar-refractivity contribution < 1.29 is 13.2 Å². The van der Waals surface area contributed by atoms with Crippen LogP contribution in [0.25, 0.3) is 0 Å². The molecule has 1 aliphatic rings. The van der Waals surface area contributed by atoms with E-state index in [2.05, 4.69) is 14.4 Å². The van der Waals surface area contributed by atoms with E-state index in [-0.39, 0.29) is 0 Å². The number of carbonyl (C=O) groups is 1. The third kappa shape index (κ3) is 3.11. The number of aryl methyl sites for hydroxylation is 1. The van der Waals surface area contributed by atoms with Crippen molar-refractivity contribution >= 4 is 32.7 Å². The van der Waals surface area contributed by atoms with Gasteiger partial charge in [-0.25, -0.2) is 4.72 Å². The summed E-state index contributed by atoms with van der Waals surface area (Å²) in [7, 11) is -3.75. The van der Waals surface area contributed by atoms with Crippen LogP contribution in [0, 0.1) is 6.92 Å². The standard InChI is InChI=1S/C13H14N4O3S2/c1-8-6-11(21-15-8)14-7-9-4-2-3-5-10(9)12-13(18)17-22(19,20)16-12/h2-6,12,14,16H,7H2,1H3,(H,17,18). The van der Waals surface area contributed by atoms with Crippen molar-refractivity contribution in [1.29, 1.82) is 0 Å². The van der Waals surface area contributed by atoms with E-state index in [0.29, 0.717) is 12.1 Å². The summed E-state index contributed by atoms with van der Waals surface area (Å²) >= 11 is 1.36. The van der Waals surface area contributed by atoms with Crippen LogP contribution in [-0.2, 0) is 21.5 Å². The third-order valence-electron chi connectivity index (χ3n) is 3.22. The Labute approximate surface area is 132 Å². The van der Waals surface area contributed by atoms with Crippen molar-refractivity contribution in [3.63, 3.8) is 0 Å². The molecule has 0 aliphatic carbocycles. The molecule has 3 N–H and O–H groups in total. The first kappa shape index (κ1) is 14.9. The molecule has 1 aromatic carbocycles. The first-order valence-electron chi connectivity index (χ1n) is 6.53. The van der Waals surface area contributed by atoms with E-state index in [0.717, 1.165) is 16.3 Å². The van der Waals surface area contributed by atoms with Crippen molar-refractivity contribution in [3.05, 3.63) is 47.2 Å². The van der Waals surface area contributed by atoms with Crippen LogP contribution in [0.3, 0.4) is 0 Å². The van der Waals surface area contributed by atoms with Crippen LogP contribution in [0.5, 0.6) is 0 Å². The van der Waals surface area contributed by atoms with E-state index in [1.165, 1.54) is 11.5 Å². The summed E-state index contributed by atoms with van der Waals surface area (Å²) in [6, 6.07) is 8.25. The predicted molar refractivity (Wildman–Crippen MR) is 83.6 cm³/mol. The lowest BCUT2D eigenvalue weighted by atomic mass is 10.0. The summed E-state index contributed by atoms with van der Waals surface area (Å²) in [5.41, 5.74) is 2.41. The van der Waals surface area contributed by atoms with Gasteiger partial charge >= 0.3 is 10.2 Å². The van der Waals surface area contributed by atoms with Crippen LogP contribution in [0.1, 0.15) is 22.9 Å². The molecule has 0 radical (unpaired) electrons. The van der Waals surface area contributed by atoms with Crippen LogP contribution >= 0.6 is 11.5 Å². The number of hydrogen-bond donors (Lipinski definition) is 3. The maximum Gasteiger partial charge on any atom is 0.302 e. The van der Waals surface area contributed by atoms with Crippen LogP contribution in [0.2, 0.25) is 0 Å². The highest BCUT2D eigenvalue weighted by atomic mass is 32.2. The normalized spacial score (nSPS) is 19.9. The fourth-order valence-corrected chi connectivity index (χ4v) is 3.88. The summed E-state index contributed by atoms with van der Waals surface area (Å²) < 4.78 is 31.3. The summed E-state index contributed by atoms with van der Waals surface area (Å²) in [5.74, 6) is -0.568. The highest BCUT2D eigenvalue weighted by Gasteiger charge is 2.36. The minimum absolute atomic E-state index is 0.476. The van der Waals surface area contributed by atoms with E-state index in [1.54, 1.807) is 12.1 Å². The molecule has 0 bridgehead atoms. The molecule has 0 spiro atoms. The van der Waals surface area contributed by atoms with Gasteiger partial charge in [0.2, 0.25) is 0 Å². The molecule has 1 atom stereocenters. The number of carbonyl (C=O) groups excluding carboxylic acids is 1. The minimum Gasteiger partial charge on any atom is -0.372 e. The van der Waals surface area contributed by atoms with Crippen LogP contribution in [0.15, 0.2) is 30.3 Å². The smallest absolute Gasteiger partial charge is 0.302 e. The van der Waals surface area contributed by atoms with Gasteiger partial charge in [-0.2, -0.15) is 17.5 Å². The van der Waals surface area contributed by atoms with Gasteiger partial charge in [-0.05, 0) is 35.6 Å². The van der Waals surface area contributed by atoms with Gasteiger partial charge in [0.1, 0.15) is 11.0 Å². The molecule has 0 saturated carbocycles. The SMILES string of the molecule is Cc1cc(NCc2ccccc2C2NS(=O)(=O)NC2=O)sn1. The lowest BCUT2D eigenvalue weighted by Gasteiger charge is -2.13. The van der Waals surface area contributed by atoms with E-state index in [9.17, 15) is 13.2 Å². The Bertz CT molecular complexity index is 816. The highest BCUT2D eigenvalue weighted by molar-refractivity contribution is 7.88. The fraction of sp³-hybridized carbons (Fsp3) is 0.231. The number of rotatable bonds is 4. The minimum atomic E-state index is -3.75. The van der Waals surface area contributed by atoms with Gasteiger partial charge in [0.25, 0.3) is 5.91 Å². The van der Waals surface area contributed by atoms with Gasteiger partial charge in [-0.15, -0.1) is 0 Å². The number of amides is 1. The maximum absolute atomic E-state index is 11.8. The molecule has 2 heterocycles. The van der Waals surface area contributed by atoms with Gasteiger partial charge in [-0.1, -0.05) is 24.3 Å². The Kier molecular flexibility index (Phi) is 3.85. The molecule has 1 amide bonds.